The maximum Gasteiger partial charge on any atom is 0.407 e. The fourth-order valence-electron chi connectivity index (χ4n) is 6.20. The molecule has 0 aliphatic carbocycles. The van der Waals surface area contributed by atoms with Crippen LogP contribution in [0.15, 0.2) is 91.3 Å². The van der Waals surface area contributed by atoms with E-state index >= 15 is 0 Å². The number of nitrogens with one attached hydrogen (secondary N) is 2. The second kappa shape index (κ2) is 22.5. The minimum Gasteiger partial charge on any atom is -0.491 e. The molecule has 2 amide bonds. The van der Waals surface area contributed by atoms with Crippen molar-refractivity contribution >= 4 is 33.2 Å². The molecule has 5 aromatic rings. The lowest BCUT2D eigenvalue weighted by atomic mass is 10.1. The third kappa shape index (κ3) is 14.9. The highest BCUT2D eigenvalue weighted by Crippen LogP contribution is 2.34. The Morgan fingerprint density at radius 3 is 2.14 bits per heavy atom. The lowest BCUT2D eigenvalue weighted by molar-refractivity contribution is -0.0365. The largest absolute Gasteiger partial charge is 0.491 e. The van der Waals surface area contributed by atoms with Gasteiger partial charge in [-0.2, -0.15) is 13.5 Å². The molecule has 3 heterocycles. The summed E-state index contributed by atoms with van der Waals surface area (Å²) in [6.07, 6.45) is 5.92. The zero-order valence-corrected chi connectivity index (χ0v) is 34.1. The monoisotopic (exact) mass is 832 g/mol. The van der Waals surface area contributed by atoms with Crippen molar-refractivity contribution in [1.82, 2.24) is 30.4 Å². The van der Waals surface area contributed by atoms with Gasteiger partial charge in [-0.3, -0.25) is 9.54 Å². The first-order valence-corrected chi connectivity index (χ1v) is 21.1. The molecular formula is C42H52N6O10S. The molecule has 17 heteroatoms. The number of rotatable bonds is 17. The number of ether oxygens (including phenoxy) is 4. The van der Waals surface area contributed by atoms with Crippen LogP contribution in [0.2, 0.25) is 0 Å². The standard InChI is InChI=1S/C29H33N5O5.C13H19NO5S/c1-20(12-13-31-29(36)38-19-21-7-3-2-4-8-21)39-23-10-11-26-24(15-23)28(25-17-30-16-22(18-35)32-25)33-34(26)27-9-5-6-14-37-27;1-11(10-20(16,17)18)7-8-14-13(15)19-9-12-5-3-2-4-6-12/h2-4,7-8,10-11,15-17,20,27,35H,5-6,9,12-14,18-19H2,1H3,(H,31,36);2-6,11H,7-10H2,1H3,(H,14,15)(H,16,17,18)/t20-,27?;11-/m01/s1. The molecule has 316 valence electrons. The Bertz CT molecular complexity index is 2180. The number of hydrogen-bond donors (Lipinski definition) is 4. The van der Waals surface area contributed by atoms with Crippen molar-refractivity contribution < 1.29 is 46.6 Å². The predicted octanol–water partition coefficient (Wildman–Crippen LogP) is 6.60. The van der Waals surface area contributed by atoms with Gasteiger partial charge in [0.1, 0.15) is 30.4 Å². The Morgan fingerprint density at radius 1 is 0.898 bits per heavy atom. The average molecular weight is 833 g/mol. The molecule has 1 aliphatic heterocycles. The molecule has 1 fully saturated rings. The molecule has 0 radical (unpaired) electrons. The molecule has 6 rings (SSSR count). The maximum absolute atomic E-state index is 12.0. The molecule has 3 aromatic carbocycles. The summed E-state index contributed by atoms with van der Waals surface area (Å²) in [6, 6.07) is 24.7. The van der Waals surface area contributed by atoms with Crippen LogP contribution >= 0.6 is 0 Å². The molecule has 59 heavy (non-hydrogen) atoms. The number of carbonyl (C=O) groups is 2. The van der Waals surface area contributed by atoms with Crippen molar-refractivity contribution in [3.05, 3.63) is 108 Å². The van der Waals surface area contributed by atoms with Crippen LogP contribution in [0.4, 0.5) is 9.59 Å². The summed E-state index contributed by atoms with van der Waals surface area (Å²) in [4.78, 5) is 32.2. The Morgan fingerprint density at radius 2 is 1.54 bits per heavy atom. The van der Waals surface area contributed by atoms with Crippen LogP contribution in [0.25, 0.3) is 22.3 Å². The molecule has 16 nitrogen and oxygen atoms in total. The van der Waals surface area contributed by atoms with Crippen molar-refractivity contribution in [2.45, 2.75) is 78.1 Å². The van der Waals surface area contributed by atoms with Crippen molar-refractivity contribution in [3.63, 3.8) is 0 Å². The van der Waals surface area contributed by atoms with Crippen molar-refractivity contribution in [2.24, 2.45) is 5.92 Å². The van der Waals surface area contributed by atoms with Gasteiger partial charge in [0.05, 0.1) is 42.1 Å². The number of benzene rings is 3. The first-order valence-electron chi connectivity index (χ1n) is 19.5. The minimum atomic E-state index is -3.96. The van der Waals surface area contributed by atoms with Gasteiger partial charge in [-0.25, -0.2) is 19.3 Å². The lowest BCUT2D eigenvalue weighted by Crippen LogP contribution is -2.28. The second-order valence-electron chi connectivity index (χ2n) is 14.2. The molecular weight excluding hydrogens is 781 g/mol. The number of carbonyl (C=O) groups excluding carboxylic acids is 2. The summed E-state index contributed by atoms with van der Waals surface area (Å²) >= 11 is 0. The van der Waals surface area contributed by atoms with Crippen LogP contribution in [0.3, 0.4) is 0 Å². The van der Waals surface area contributed by atoms with E-state index in [-0.39, 0.29) is 43.8 Å². The number of aliphatic hydroxyl groups is 1. The van der Waals surface area contributed by atoms with E-state index in [1.54, 1.807) is 13.1 Å². The minimum absolute atomic E-state index is 0.151. The van der Waals surface area contributed by atoms with Crippen LogP contribution in [-0.2, 0) is 44.1 Å². The third-order valence-corrected chi connectivity index (χ3v) is 10.2. The van der Waals surface area contributed by atoms with Gasteiger partial charge in [-0.05, 0) is 67.9 Å². The van der Waals surface area contributed by atoms with Gasteiger partial charge in [0.25, 0.3) is 10.1 Å². The van der Waals surface area contributed by atoms with E-state index in [0.29, 0.717) is 55.4 Å². The maximum atomic E-state index is 12.0. The van der Waals surface area contributed by atoms with E-state index in [1.165, 1.54) is 6.20 Å². The molecule has 1 aliphatic rings. The zero-order chi connectivity index (χ0) is 42.0. The van der Waals surface area contributed by atoms with E-state index in [4.69, 9.17) is 28.6 Å². The average Bonchev–Trinajstić information content (AvgIpc) is 3.62. The Labute approximate surface area is 344 Å². The van der Waals surface area contributed by atoms with Gasteiger partial charge in [-0.1, -0.05) is 67.6 Å². The van der Waals surface area contributed by atoms with Gasteiger partial charge in [0, 0.05) is 31.5 Å². The van der Waals surface area contributed by atoms with Crippen LogP contribution in [-0.4, -0.2) is 81.6 Å². The number of fused-ring (bicyclic) bond motifs is 1. The van der Waals surface area contributed by atoms with E-state index in [2.05, 4.69) is 20.6 Å². The number of aromatic nitrogens is 4. The Balaban J connectivity index is 0.000000280. The normalized spacial score (nSPS) is 14.9. The molecule has 0 bridgehead atoms. The third-order valence-electron chi connectivity index (χ3n) is 9.18. The Kier molecular flexibility index (Phi) is 17.0. The summed E-state index contributed by atoms with van der Waals surface area (Å²) in [5.74, 6) is 0.131. The number of amides is 2. The molecule has 0 saturated carbocycles. The molecule has 1 saturated heterocycles. The fraction of sp³-hybridized carbons (Fsp3) is 0.405. The molecule has 0 spiro atoms. The summed E-state index contributed by atoms with van der Waals surface area (Å²) in [6.45, 7) is 5.27. The van der Waals surface area contributed by atoms with Gasteiger partial charge in [0.15, 0.2) is 6.23 Å². The predicted molar refractivity (Wildman–Crippen MR) is 220 cm³/mol. The molecule has 2 aromatic heterocycles. The van der Waals surface area contributed by atoms with Crippen LogP contribution < -0.4 is 15.4 Å². The van der Waals surface area contributed by atoms with Gasteiger partial charge in [-0.15, -0.1) is 0 Å². The van der Waals surface area contributed by atoms with Crippen LogP contribution in [0, 0.1) is 5.92 Å². The van der Waals surface area contributed by atoms with E-state index in [1.807, 2.05) is 90.5 Å². The highest BCUT2D eigenvalue weighted by atomic mass is 32.2. The van der Waals surface area contributed by atoms with Crippen LogP contribution in [0.1, 0.15) is 69.0 Å². The van der Waals surface area contributed by atoms with Gasteiger partial charge in [0.2, 0.25) is 0 Å². The molecule has 4 N–H and O–H groups in total. The quantitative estimate of drug-likeness (QED) is 0.0729. The number of nitrogens with zero attached hydrogens (tertiary/aromatic N) is 4. The number of aliphatic hydroxyl groups excluding tert-OH is 1. The van der Waals surface area contributed by atoms with Crippen molar-refractivity contribution in [3.8, 4) is 17.1 Å². The first-order chi connectivity index (χ1) is 28.5. The summed E-state index contributed by atoms with van der Waals surface area (Å²) < 4.78 is 54.3. The molecule has 3 atom stereocenters. The Hall–Kier alpha value is -5.62. The summed E-state index contributed by atoms with van der Waals surface area (Å²) in [5.41, 5.74) is 4.44. The second-order valence-corrected chi connectivity index (χ2v) is 15.7. The number of alkyl carbamates (subject to hydrolysis) is 2. The lowest BCUT2D eigenvalue weighted by Gasteiger charge is -2.23. The van der Waals surface area contributed by atoms with E-state index in [9.17, 15) is 23.1 Å². The highest BCUT2D eigenvalue weighted by Gasteiger charge is 2.23. The summed E-state index contributed by atoms with van der Waals surface area (Å²) in [5, 5.41) is 20.6. The van der Waals surface area contributed by atoms with Crippen LogP contribution in [0.5, 0.6) is 5.75 Å². The first kappa shape index (κ1) is 44.5. The van der Waals surface area contributed by atoms with Gasteiger partial charge >= 0.3 is 12.2 Å². The smallest absolute Gasteiger partial charge is 0.407 e. The summed E-state index contributed by atoms with van der Waals surface area (Å²) in [7, 11) is -3.96. The van der Waals surface area contributed by atoms with E-state index in [0.717, 1.165) is 41.3 Å². The zero-order valence-electron chi connectivity index (χ0n) is 33.2. The van der Waals surface area contributed by atoms with Gasteiger partial charge < -0.3 is 34.7 Å². The highest BCUT2D eigenvalue weighted by molar-refractivity contribution is 7.85. The molecule has 1 unspecified atom stereocenters. The fourth-order valence-corrected chi connectivity index (χ4v) is 7.08. The SMILES string of the molecule is C[C@@H](CCNC(=O)OCc1ccccc1)Oc1ccc2c(c1)c(-c1cncc(CO)n1)nn2C1CCCCO1.C[C@H](CCNC(=O)OCc1ccccc1)CS(=O)(=O)O. The number of hydrogen-bond acceptors (Lipinski definition) is 12. The van der Waals surface area contributed by atoms with E-state index < -0.39 is 22.3 Å². The van der Waals surface area contributed by atoms with Crippen molar-refractivity contribution in [1.29, 1.82) is 0 Å². The van der Waals surface area contributed by atoms with Crippen molar-refractivity contribution in [2.75, 3.05) is 25.4 Å². The topological polar surface area (TPSA) is 213 Å².